The van der Waals surface area contributed by atoms with Gasteiger partial charge in [-0.05, 0) is 37.3 Å². The second kappa shape index (κ2) is 7.84. The molecule has 0 saturated heterocycles. The highest BCUT2D eigenvalue weighted by molar-refractivity contribution is 5.99. The molecule has 2 atom stereocenters. The normalized spacial score (nSPS) is 17.8. The summed E-state index contributed by atoms with van der Waals surface area (Å²) in [4.78, 5) is 25.6. The number of nitriles is 1. The second-order valence-electron chi connectivity index (χ2n) is 6.74. The maximum atomic E-state index is 12.4. The Morgan fingerprint density at radius 3 is 2.72 bits per heavy atom. The van der Waals surface area contributed by atoms with E-state index < -0.39 is 17.9 Å². The average molecular weight is 341 g/mol. The van der Waals surface area contributed by atoms with E-state index in [1.807, 2.05) is 56.0 Å². The molecule has 1 aromatic carbocycles. The molecule has 2 unspecified atom stereocenters. The highest BCUT2D eigenvalue weighted by Crippen LogP contribution is 2.32. The third-order valence-corrected chi connectivity index (χ3v) is 4.20. The molecule has 0 fully saturated rings. The zero-order valence-corrected chi connectivity index (χ0v) is 14.7. The summed E-state index contributed by atoms with van der Waals surface area (Å²) in [6.07, 6.45) is 2.65. The van der Waals surface area contributed by atoms with Crippen LogP contribution in [0.3, 0.4) is 0 Å². The monoisotopic (exact) mass is 341 g/mol. The summed E-state index contributed by atoms with van der Waals surface area (Å²) in [6, 6.07) is 8.85. The van der Waals surface area contributed by atoms with Crippen LogP contribution in [0.25, 0.3) is 0 Å². The first kappa shape index (κ1) is 18.5. The van der Waals surface area contributed by atoms with Crippen LogP contribution in [0, 0.1) is 17.2 Å². The number of carbonyl (C=O) groups excluding carboxylic acids is 1. The predicted molar refractivity (Wildman–Crippen MR) is 94.8 cm³/mol. The van der Waals surface area contributed by atoms with Crippen LogP contribution < -0.4 is 10.2 Å². The van der Waals surface area contributed by atoms with Crippen molar-refractivity contribution in [2.75, 3.05) is 4.90 Å². The SMILES string of the molecule is CC(C)CC(NC(=O)/C(C#N)=C\N1c2ccccc2CC1C)C(=O)O. The van der Waals surface area contributed by atoms with E-state index in [1.165, 1.54) is 6.20 Å². The molecule has 0 aliphatic carbocycles. The quantitative estimate of drug-likeness (QED) is 0.612. The molecule has 25 heavy (non-hydrogen) atoms. The van der Waals surface area contributed by atoms with Crippen molar-refractivity contribution in [2.24, 2.45) is 5.92 Å². The molecule has 0 saturated carbocycles. The fourth-order valence-corrected chi connectivity index (χ4v) is 2.99. The van der Waals surface area contributed by atoms with Crippen molar-refractivity contribution in [3.05, 3.63) is 41.6 Å². The molecule has 132 valence electrons. The highest BCUT2D eigenvalue weighted by atomic mass is 16.4. The van der Waals surface area contributed by atoms with E-state index in [0.717, 1.165) is 17.7 Å². The summed E-state index contributed by atoms with van der Waals surface area (Å²) in [5.41, 5.74) is 2.03. The number of rotatable bonds is 6. The largest absolute Gasteiger partial charge is 0.480 e. The molecule has 0 spiro atoms. The fraction of sp³-hybridized carbons (Fsp3) is 0.421. The molecule has 2 N–H and O–H groups in total. The smallest absolute Gasteiger partial charge is 0.326 e. The Morgan fingerprint density at radius 1 is 1.44 bits per heavy atom. The standard InChI is InChI=1S/C19H23N3O3/c1-12(2)8-16(19(24)25)21-18(23)15(10-20)11-22-13(3)9-14-6-4-5-7-17(14)22/h4-7,11-13,16H,8-9H2,1-3H3,(H,21,23)(H,24,25)/b15-11-. The number of nitrogens with one attached hydrogen (secondary N) is 1. The number of benzene rings is 1. The van der Waals surface area contributed by atoms with Gasteiger partial charge >= 0.3 is 5.97 Å². The fourth-order valence-electron chi connectivity index (χ4n) is 2.99. The van der Waals surface area contributed by atoms with Gasteiger partial charge in [0.15, 0.2) is 0 Å². The lowest BCUT2D eigenvalue weighted by Gasteiger charge is -2.21. The van der Waals surface area contributed by atoms with E-state index in [-0.39, 0.29) is 17.5 Å². The predicted octanol–water partition coefficient (Wildman–Crippen LogP) is 2.46. The van der Waals surface area contributed by atoms with Crippen molar-refractivity contribution < 1.29 is 14.7 Å². The van der Waals surface area contributed by atoms with Crippen LogP contribution in [-0.2, 0) is 16.0 Å². The van der Waals surface area contributed by atoms with Gasteiger partial charge in [-0.25, -0.2) is 4.79 Å². The first-order valence-electron chi connectivity index (χ1n) is 8.35. The molecule has 2 rings (SSSR count). The van der Waals surface area contributed by atoms with Gasteiger partial charge in [-0.2, -0.15) is 5.26 Å². The van der Waals surface area contributed by atoms with Gasteiger partial charge in [-0.1, -0.05) is 32.0 Å². The number of anilines is 1. The van der Waals surface area contributed by atoms with E-state index in [1.54, 1.807) is 0 Å². The lowest BCUT2D eigenvalue weighted by Crippen LogP contribution is -2.42. The third-order valence-electron chi connectivity index (χ3n) is 4.20. The number of nitrogens with zero attached hydrogens (tertiary/aromatic N) is 2. The van der Waals surface area contributed by atoms with E-state index in [9.17, 15) is 20.0 Å². The van der Waals surface area contributed by atoms with Crippen molar-refractivity contribution in [2.45, 2.75) is 45.7 Å². The van der Waals surface area contributed by atoms with Crippen molar-refractivity contribution in [1.82, 2.24) is 5.32 Å². The molecule has 1 aromatic rings. The van der Waals surface area contributed by atoms with E-state index in [0.29, 0.717) is 6.42 Å². The Balaban J connectivity index is 2.21. The third kappa shape index (κ3) is 4.38. The number of carboxylic acid groups (broad SMARTS) is 1. The zero-order valence-electron chi connectivity index (χ0n) is 14.7. The van der Waals surface area contributed by atoms with Crippen LogP contribution in [0.5, 0.6) is 0 Å². The molecule has 0 radical (unpaired) electrons. The Kier molecular flexibility index (Phi) is 5.81. The van der Waals surface area contributed by atoms with Crippen LogP contribution >= 0.6 is 0 Å². The number of hydrogen-bond donors (Lipinski definition) is 2. The molecule has 0 aromatic heterocycles. The van der Waals surface area contributed by atoms with E-state index in [4.69, 9.17) is 0 Å². The maximum Gasteiger partial charge on any atom is 0.326 e. The van der Waals surface area contributed by atoms with Crippen molar-refractivity contribution in [1.29, 1.82) is 5.26 Å². The van der Waals surface area contributed by atoms with Gasteiger partial charge in [0.25, 0.3) is 5.91 Å². The van der Waals surface area contributed by atoms with Crippen molar-refractivity contribution >= 4 is 17.6 Å². The summed E-state index contributed by atoms with van der Waals surface area (Å²) in [7, 11) is 0. The van der Waals surface area contributed by atoms with Crippen LogP contribution in [0.2, 0.25) is 0 Å². The number of fused-ring (bicyclic) bond motifs is 1. The van der Waals surface area contributed by atoms with Crippen molar-refractivity contribution in [3.63, 3.8) is 0 Å². The Hall–Kier alpha value is -2.81. The van der Waals surface area contributed by atoms with Gasteiger partial charge in [0.05, 0.1) is 0 Å². The first-order valence-corrected chi connectivity index (χ1v) is 8.35. The summed E-state index contributed by atoms with van der Waals surface area (Å²) in [5.74, 6) is -1.65. The van der Waals surface area contributed by atoms with Crippen LogP contribution in [-0.4, -0.2) is 29.1 Å². The average Bonchev–Trinajstić information content (AvgIpc) is 2.86. The molecule has 6 heteroatoms. The van der Waals surface area contributed by atoms with E-state index >= 15 is 0 Å². The van der Waals surface area contributed by atoms with Crippen LogP contribution in [0.15, 0.2) is 36.0 Å². The minimum absolute atomic E-state index is 0.0986. The van der Waals surface area contributed by atoms with Gasteiger partial charge in [-0.3, -0.25) is 4.79 Å². The summed E-state index contributed by atoms with van der Waals surface area (Å²) < 4.78 is 0. The number of para-hydroxylation sites is 1. The number of amides is 1. The Bertz CT molecular complexity index is 734. The van der Waals surface area contributed by atoms with Crippen molar-refractivity contribution in [3.8, 4) is 6.07 Å². The lowest BCUT2D eigenvalue weighted by molar-refractivity contribution is -0.141. The molecule has 0 bridgehead atoms. The summed E-state index contributed by atoms with van der Waals surface area (Å²) in [5, 5.41) is 21.1. The topological polar surface area (TPSA) is 93.4 Å². The molecule has 1 aliphatic rings. The zero-order chi connectivity index (χ0) is 18.6. The minimum atomic E-state index is -1.10. The highest BCUT2D eigenvalue weighted by Gasteiger charge is 2.27. The second-order valence-corrected chi connectivity index (χ2v) is 6.74. The van der Waals surface area contributed by atoms with Gasteiger partial charge in [0, 0.05) is 17.9 Å². The summed E-state index contributed by atoms with van der Waals surface area (Å²) >= 11 is 0. The molecule has 1 amide bonds. The minimum Gasteiger partial charge on any atom is -0.480 e. The molecular formula is C19H23N3O3. The van der Waals surface area contributed by atoms with Crippen LogP contribution in [0.4, 0.5) is 5.69 Å². The van der Waals surface area contributed by atoms with Gasteiger partial charge in [0.2, 0.25) is 0 Å². The molecule has 1 aliphatic heterocycles. The number of carboxylic acids is 1. The maximum absolute atomic E-state index is 12.4. The molecule has 6 nitrogen and oxygen atoms in total. The van der Waals surface area contributed by atoms with Gasteiger partial charge in [0.1, 0.15) is 17.7 Å². The number of carbonyl (C=O) groups is 2. The Morgan fingerprint density at radius 2 is 2.12 bits per heavy atom. The first-order chi connectivity index (χ1) is 11.8. The number of hydrogen-bond acceptors (Lipinski definition) is 4. The number of aliphatic carboxylic acids is 1. The molecular weight excluding hydrogens is 318 g/mol. The van der Waals surface area contributed by atoms with Gasteiger partial charge < -0.3 is 15.3 Å². The lowest BCUT2D eigenvalue weighted by atomic mass is 10.0. The van der Waals surface area contributed by atoms with Gasteiger partial charge in [-0.15, -0.1) is 0 Å². The molecule has 1 heterocycles. The van der Waals surface area contributed by atoms with E-state index in [2.05, 4.69) is 5.32 Å². The van der Waals surface area contributed by atoms with Crippen LogP contribution in [0.1, 0.15) is 32.8 Å². The Labute approximate surface area is 147 Å². The summed E-state index contributed by atoms with van der Waals surface area (Å²) in [6.45, 7) is 5.78.